The molecule has 28 heavy (non-hydrogen) atoms. The van der Waals surface area contributed by atoms with Crippen molar-refractivity contribution in [2.24, 2.45) is 0 Å². The highest BCUT2D eigenvalue weighted by molar-refractivity contribution is 5.82. The maximum absolute atomic E-state index is 10.5. The van der Waals surface area contributed by atoms with E-state index in [0.717, 1.165) is 35.7 Å². The number of aliphatic hydroxyl groups excluding tert-OH is 1. The van der Waals surface area contributed by atoms with E-state index in [9.17, 15) is 5.11 Å². The van der Waals surface area contributed by atoms with E-state index in [2.05, 4.69) is 40.6 Å². The number of rotatable bonds is 8. The zero-order chi connectivity index (χ0) is 19.3. The van der Waals surface area contributed by atoms with E-state index >= 15 is 0 Å². The highest BCUT2D eigenvalue weighted by atomic mass is 16.5. The number of nitrogens with zero attached hydrogens (tertiary/aromatic N) is 2. The second kappa shape index (κ2) is 8.50. The first kappa shape index (κ1) is 18.6. The monoisotopic (exact) mass is 375 g/mol. The van der Waals surface area contributed by atoms with Gasteiger partial charge in [-0.05, 0) is 61.4 Å². The fraction of sp³-hybridized carbons (Fsp3) is 0.304. The summed E-state index contributed by atoms with van der Waals surface area (Å²) in [5, 5.41) is 21.4. The van der Waals surface area contributed by atoms with Gasteiger partial charge in [0, 0.05) is 35.8 Å². The fourth-order valence-corrected chi connectivity index (χ4v) is 3.54. The predicted molar refractivity (Wildman–Crippen MR) is 111 cm³/mol. The van der Waals surface area contributed by atoms with Gasteiger partial charge >= 0.3 is 0 Å². The van der Waals surface area contributed by atoms with Crippen molar-refractivity contribution in [3.8, 4) is 0 Å². The third kappa shape index (κ3) is 4.21. The standard InChI is InChI=1S/C23H25N3O2/c1-16(25-14-17-9-10-19-15-24-12-11-18(19)13-17)5-4-7-21(27)23-20-6-2-3-8-22(20)28-26-23/h2-3,6,8-13,15-16,21,25,27H,4-5,7,14H2,1H3/t16-,21?/m1/s1. The summed E-state index contributed by atoms with van der Waals surface area (Å²) in [7, 11) is 0. The molecule has 144 valence electrons. The van der Waals surface area contributed by atoms with Crippen LogP contribution in [0.25, 0.3) is 21.7 Å². The minimum Gasteiger partial charge on any atom is -0.387 e. The molecule has 2 aromatic carbocycles. The number of hydrogen-bond donors (Lipinski definition) is 2. The number of pyridine rings is 1. The smallest absolute Gasteiger partial charge is 0.167 e. The zero-order valence-electron chi connectivity index (χ0n) is 16.0. The molecule has 0 aliphatic carbocycles. The summed E-state index contributed by atoms with van der Waals surface area (Å²) in [6, 6.07) is 16.5. The Morgan fingerprint density at radius 3 is 2.89 bits per heavy atom. The molecule has 1 unspecified atom stereocenters. The van der Waals surface area contributed by atoms with Crippen molar-refractivity contribution in [3.63, 3.8) is 0 Å². The predicted octanol–water partition coefficient (Wildman–Crippen LogP) is 4.76. The van der Waals surface area contributed by atoms with Crippen LogP contribution in [-0.2, 0) is 6.54 Å². The molecular formula is C23H25N3O2. The molecule has 0 spiro atoms. The van der Waals surface area contributed by atoms with Crippen LogP contribution in [0.1, 0.15) is 43.5 Å². The van der Waals surface area contributed by atoms with E-state index in [1.165, 1.54) is 10.9 Å². The molecule has 5 heteroatoms. The van der Waals surface area contributed by atoms with Crippen molar-refractivity contribution in [2.45, 2.75) is 44.9 Å². The second-order valence-electron chi connectivity index (χ2n) is 7.35. The third-order valence-corrected chi connectivity index (χ3v) is 5.20. The Bertz CT molecular complexity index is 1060. The van der Waals surface area contributed by atoms with Gasteiger partial charge in [0.1, 0.15) is 11.8 Å². The van der Waals surface area contributed by atoms with Crippen LogP contribution in [0.2, 0.25) is 0 Å². The van der Waals surface area contributed by atoms with Gasteiger partial charge in [-0.1, -0.05) is 29.4 Å². The van der Waals surface area contributed by atoms with Gasteiger partial charge in [0.2, 0.25) is 0 Å². The minimum absolute atomic E-state index is 0.370. The maximum atomic E-state index is 10.5. The van der Waals surface area contributed by atoms with Crippen molar-refractivity contribution in [1.82, 2.24) is 15.5 Å². The number of para-hydroxylation sites is 1. The molecule has 2 N–H and O–H groups in total. The number of benzene rings is 2. The van der Waals surface area contributed by atoms with Gasteiger partial charge in [0.25, 0.3) is 0 Å². The van der Waals surface area contributed by atoms with Crippen LogP contribution in [0.4, 0.5) is 0 Å². The summed E-state index contributed by atoms with van der Waals surface area (Å²) >= 11 is 0. The Hall–Kier alpha value is -2.76. The van der Waals surface area contributed by atoms with Crippen LogP contribution in [-0.4, -0.2) is 21.3 Å². The van der Waals surface area contributed by atoms with Crippen LogP contribution < -0.4 is 5.32 Å². The van der Waals surface area contributed by atoms with E-state index in [1.54, 1.807) is 0 Å². The molecule has 2 heterocycles. The Kier molecular flexibility index (Phi) is 5.65. The van der Waals surface area contributed by atoms with Crippen molar-refractivity contribution in [1.29, 1.82) is 0 Å². The van der Waals surface area contributed by atoms with Crippen molar-refractivity contribution < 1.29 is 9.63 Å². The average Bonchev–Trinajstić information content (AvgIpc) is 3.16. The quantitative estimate of drug-likeness (QED) is 0.465. The van der Waals surface area contributed by atoms with Crippen LogP contribution in [0.15, 0.2) is 65.4 Å². The lowest BCUT2D eigenvalue weighted by atomic mass is 10.0. The minimum atomic E-state index is -0.593. The number of aromatic nitrogens is 2. The highest BCUT2D eigenvalue weighted by Gasteiger charge is 2.16. The Balaban J connectivity index is 1.25. The molecule has 0 bridgehead atoms. The Labute approximate surface area is 164 Å². The lowest BCUT2D eigenvalue weighted by Crippen LogP contribution is -2.25. The fourth-order valence-electron chi connectivity index (χ4n) is 3.54. The molecule has 4 rings (SSSR count). The summed E-state index contributed by atoms with van der Waals surface area (Å²) in [6.45, 7) is 3.01. The molecule has 0 amide bonds. The zero-order valence-corrected chi connectivity index (χ0v) is 16.0. The molecule has 0 radical (unpaired) electrons. The molecule has 2 aromatic heterocycles. The maximum Gasteiger partial charge on any atom is 0.167 e. The first-order valence-corrected chi connectivity index (χ1v) is 9.79. The van der Waals surface area contributed by atoms with Gasteiger partial charge in [0.15, 0.2) is 5.58 Å². The van der Waals surface area contributed by atoms with Crippen LogP contribution in [0, 0.1) is 0 Å². The first-order chi connectivity index (χ1) is 13.7. The molecule has 0 aliphatic rings. The molecule has 4 aromatic rings. The summed E-state index contributed by atoms with van der Waals surface area (Å²) < 4.78 is 5.29. The van der Waals surface area contributed by atoms with E-state index in [0.29, 0.717) is 18.2 Å². The average molecular weight is 375 g/mol. The molecule has 0 saturated carbocycles. The molecule has 0 saturated heterocycles. The van der Waals surface area contributed by atoms with Gasteiger partial charge in [-0.2, -0.15) is 0 Å². The van der Waals surface area contributed by atoms with Crippen molar-refractivity contribution >= 4 is 21.7 Å². The highest BCUT2D eigenvalue weighted by Crippen LogP contribution is 2.26. The van der Waals surface area contributed by atoms with Crippen molar-refractivity contribution in [3.05, 3.63) is 72.2 Å². The number of hydrogen-bond acceptors (Lipinski definition) is 5. The number of aliphatic hydroxyl groups is 1. The van der Waals surface area contributed by atoms with E-state index in [-0.39, 0.29) is 0 Å². The van der Waals surface area contributed by atoms with Gasteiger partial charge in [-0.25, -0.2) is 0 Å². The normalized spacial score (nSPS) is 13.8. The SMILES string of the molecule is C[C@H](CCCC(O)c1noc2ccccc12)NCc1ccc2cnccc2c1. The summed E-state index contributed by atoms with van der Waals surface area (Å²) in [5.41, 5.74) is 2.62. The van der Waals surface area contributed by atoms with Gasteiger partial charge in [-0.3, -0.25) is 4.98 Å². The van der Waals surface area contributed by atoms with Gasteiger partial charge in [0.05, 0.1) is 0 Å². The molecular weight excluding hydrogens is 350 g/mol. The molecule has 0 aliphatic heterocycles. The van der Waals surface area contributed by atoms with Crippen LogP contribution >= 0.6 is 0 Å². The summed E-state index contributed by atoms with van der Waals surface area (Å²) in [5.74, 6) is 0. The van der Waals surface area contributed by atoms with Gasteiger partial charge < -0.3 is 14.9 Å². The van der Waals surface area contributed by atoms with E-state index in [4.69, 9.17) is 4.52 Å². The second-order valence-corrected chi connectivity index (χ2v) is 7.35. The lowest BCUT2D eigenvalue weighted by molar-refractivity contribution is 0.154. The Morgan fingerprint density at radius 2 is 1.96 bits per heavy atom. The van der Waals surface area contributed by atoms with Crippen molar-refractivity contribution in [2.75, 3.05) is 0 Å². The third-order valence-electron chi connectivity index (χ3n) is 5.20. The molecule has 2 atom stereocenters. The largest absolute Gasteiger partial charge is 0.387 e. The van der Waals surface area contributed by atoms with Crippen LogP contribution in [0.5, 0.6) is 0 Å². The van der Waals surface area contributed by atoms with Crippen LogP contribution in [0.3, 0.4) is 0 Å². The summed E-state index contributed by atoms with van der Waals surface area (Å²) in [6.07, 6.45) is 5.70. The number of nitrogens with one attached hydrogen (secondary N) is 1. The first-order valence-electron chi connectivity index (χ1n) is 9.79. The molecule has 5 nitrogen and oxygen atoms in total. The number of fused-ring (bicyclic) bond motifs is 2. The summed E-state index contributed by atoms with van der Waals surface area (Å²) in [4.78, 5) is 4.15. The molecule has 0 fully saturated rings. The topological polar surface area (TPSA) is 71.2 Å². The Morgan fingerprint density at radius 1 is 1.07 bits per heavy atom. The van der Waals surface area contributed by atoms with E-state index in [1.807, 2.05) is 42.7 Å². The van der Waals surface area contributed by atoms with Gasteiger partial charge in [-0.15, -0.1) is 0 Å². The lowest BCUT2D eigenvalue weighted by Gasteiger charge is -2.15. The van der Waals surface area contributed by atoms with E-state index < -0.39 is 6.10 Å².